The third-order valence-corrected chi connectivity index (χ3v) is 2.79. The highest BCUT2D eigenvalue weighted by atomic mass is 127. The number of carbonyl (C=O) groups is 1. The fraction of sp³-hybridized carbons (Fsp3) is 0.125. The minimum absolute atomic E-state index is 0. The molecule has 0 saturated carbocycles. The standard InChI is InChI=1S/C16H18N4O2.HI/c1-22-14-9-5-8-13(10-14)20-16(17)18-11-15(21)19-12-6-3-2-4-7-12;/h2-10H,11H2,1H3,(H,19,21)(H3,17,18,20);1H. The number of methoxy groups -OCH3 is 1. The summed E-state index contributed by atoms with van der Waals surface area (Å²) in [4.78, 5) is 15.7. The molecule has 0 aliphatic carbocycles. The summed E-state index contributed by atoms with van der Waals surface area (Å²) >= 11 is 0. The van der Waals surface area contributed by atoms with Crippen LogP contribution in [-0.2, 0) is 4.79 Å². The average molecular weight is 426 g/mol. The first-order valence-electron chi connectivity index (χ1n) is 6.73. The zero-order valence-electron chi connectivity index (χ0n) is 12.7. The molecular weight excluding hydrogens is 407 g/mol. The van der Waals surface area contributed by atoms with Crippen molar-refractivity contribution in [2.24, 2.45) is 10.7 Å². The highest BCUT2D eigenvalue weighted by molar-refractivity contribution is 14.0. The van der Waals surface area contributed by atoms with Crippen molar-refractivity contribution < 1.29 is 9.53 Å². The van der Waals surface area contributed by atoms with Crippen molar-refractivity contribution in [3.8, 4) is 5.75 Å². The zero-order chi connectivity index (χ0) is 15.8. The van der Waals surface area contributed by atoms with Gasteiger partial charge in [0.15, 0.2) is 5.96 Å². The van der Waals surface area contributed by atoms with E-state index in [0.717, 1.165) is 11.4 Å². The summed E-state index contributed by atoms with van der Waals surface area (Å²) in [6.45, 7) is -0.0578. The Morgan fingerprint density at radius 2 is 1.78 bits per heavy atom. The number of nitrogens with two attached hydrogens (primary N) is 1. The Kier molecular flexibility index (Phi) is 7.89. The molecule has 0 bridgehead atoms. The SMILES string of the molecule is COc1cccc(NC(N)=NCC(=O)Nc2ccccc2)c1.I. The largest absolute Gasteiger partial charge is 0.497 e. The van der Waals surface area contributed by atoms with Crippen LogP contribution in [0.15, 0.2) is 59.6 Å². The normalized spacial score (nSPS) is 10.4. The van der Waals surface area contributed by atoms with Gasteiger partial charge in [-0.25, -0.2) is 4.99 Å². The number of carbonyl (C=O) groups excluding carboxylic acids is 1. The van der Waals surface area contributed by atoms with Crippen LogP contribution < -0.4 is 21.1 Å². The Bertz CT molecular complexity index is 662. The van der Waals surface area contributed by atoms with E-state index in [9.17, 15) is 4.79 Å². The van der Waals surface area contributed by atoms with Gasteiger partial charge in [-0.15, -0.1) is 24.0 Å². The lowest BCUT2D eigenvalue weighted by atomic mass is 10.3. The van der Waals surface area contributed by atoms with Gasteiger partial charge in [-0.1, -0.05) is 24.3 Å². The Balaban J connectivity index is 0.00000264. The predicted octanol–water partition coefficient (Wildman–Crippen LogP) is 2.68. The van der Waals surface area contributed by atoms with Crippen LogP contribution in [-0.4, -0.2) is 25.5 Å². The number of rotatable bonds is 5. The molecule has 1 amide bonds. The summed E-state index contributed by atoms with van der Waals surface area (Å²) in [7, 11) is 1.59. The van der Waals surface area contributed by atoms with Gasteiger partial charge >= 0.3 is 0 Å². The lowest BCUT2D eigenvalue weighted by molar-refractivity contribution is -0.114. The second kappa shape index (κ2) is 9.67. The van der Waals surface area contributed by atoms with Crippen LogP contribution in [0, 0.1) is 0 Å². The predicted molar refractivity (Wildman–Crippen MR) is 104 cm³/mol. The third-order valence-electron chi connectivity index (χ3n) is 2.79. The number of hydrogen-bond donors (Lipinski definition) is 3. The van der Waals surface area contributed by atoms with Crippen LogP contribution in [0.1, 0.15) is 0 Å². The third kappa shape index (κ3) is 6.55. The lowest BCUT2D eigenvalue weighted by Gasteiger charge is -2.07. The Morgan fingerprint density at radius 1 is 1.09 bits per heavy atom. The Morgan fingerprint density at radius 3 is 2.48 bits per heavy atom. The number of anilines is 2. The van der Waals surface area contributed by atoms with E-state index >= 15 is 0 Å². The van der Waals surface area contributed by atoms with Crippen LogP contribution in [0.2, 0.25) is 0 Å². The summed E-state index contributed by atoms with van der Waals surface area (Å²) < 4.78 is 5.12. The quantitative estimate of drug-likeness (QED) is 0.390. The van der Waals surface area contributed by atoms with Crippen molar-refractivity contribution >= 4 is 47.2 Å². The van der Waals surface area contributed by atoms with Gasteiger partial charge in [0.2, 0.25) is 5.91 Å². The summed E-state index contributed by atoms with van der Waals surface area (Å²) in [6, 6.07) is 16.4. The van der Waals surface area contributed by atoms with Crippen LogP contribution in [0.3, 0.4) is 0 Å². The van der Waals surface area contributed by atoms with Crippen molar-refractivity contribution in [2.45, 2.75) is 0 Å². The first kappa shape index (κ1) is 18.8. The highest BCUT2D eigenvalue weighted by Gasteiger charge is 2.02. The number of nitrogens with zero attached hydrogens (tertiary/aromatic N) is 1. The monoisotopic (exact) mass is 426 g/mol. The zero-order valence-corrected chi connectivity index (χ0v) is 15.0. The molecule has 6 nitrogen and oxygen atoms in total. The van der Waals surface area contributed by atoms with Gasteiger partial charge < -0.3 is 21.1 Å². The van der Waals surface area contributed by atoms with Gasteiger partial charge in [-0.2, -0.15) is 0 Å². The van der Waals surface area contributed by atoms with Gasteiger partial charge in [0.1, 0.15) is 12.3 Å². The molecule has 0 aromatic heterocycles. The van der Waals surface area contributed by atoms with E-state index in [4.69, 9.17) is 10.5 Å². The molecule has 23 heavy (non-hydrogen) atoms. The number of hydrogen-bond acceptors (Lipinski definition) is 3. The van der Waals surface area contributed by atoms with Crippen LogP contribution in [0.5, 0.6) is 5.75 Å². The van der Waals surface area contributed by atoms with Crippen LogP contribution in [0.25, 0.3) is 0 Å². The molecular formula is C16H19IN4O2. The minimum Gasteiger partial charge on any atom is -0.497 e. The number of ether oxygens (including phenoxy) is 1. The second-order valence-electron chi connectivity index (χ2n) is 4.47. The van der Waals surface area contributed by atoms with E-state index in [1.54, 1.807) is 25.3 Å². The van der Waals surface area contributed by atoms with Gasteiger partial charge in [0.25, 0.3) is 0 Å². The maximum Gasteiger partial charge on any atom is 0.246 e. The molecule has 2 aromatic carbocycles. The molecule has 2 aromatic rings. The Hall–Kier alpha value is -2.29. The Labute approximate surface area is 152 Å². The van der Waals surface area contributed by atoms with Crippen LogP contribution in [0.4, 0.5) is 11.4 Å². The van der Waals surface area contributed by atoms with Crippen LogP contribution >= 0.6 is 24.0 Å². The molecule has 122 valence electrons. The summed E-state index contributed by atoms with van der Waals surface area (Å²) in [5, 5.41) is 5.63. The highest BCUT2D eigenvalue weighted by Crippen LogP contribution is 2.16. The number of nitrogens with one attached hydrogen (secondary N) is 2. The van der Waals surface area contributed by atoms with Gasteiger partial charge in [-0.05, 0) is 24.3 Å². The van der Waals surface area contributed by atoms with E-state index in [1.165, 1.54) is 0 Å². The number of amides is 1. The van der Waals surface area contributed by atoms with Crippen molar-refractivity contribution in [3.05, 3.63) is 54.6 Å². The smallest absolute Gasteiger partial charge is 0.246 e. The molecule has 0 spiro atoms. The molecule has 0 radical (unpaired) electrons. The van der Waals surface area contributed by atoms with Crippen molar-refractivity contribution in [2.75, 3.05) is 24.3 Å². The van der Waals surface area contributed by atoms with Crippen molar-refractivity contribution in [1.29, 1.82) is 0 Å². The van der Waals surface area contributed by atoms with Gasteiger partial charge in [0, 0.05) is 17.4 Å². The lowest BCUT2D eigenvalue weighted by Crippen LogP contribution is -2.25. The number of aliphatic imine (C=N–C) groups is 1. The summed E-state index contributed by atoms with van der Waals surface area (Å²) in [6.07, 6.45) is 0. The first-order chi connectivity index (χ1) is 10.7. The molecule has 7 heteroatoms. The molecule has 0 fully saturated rings. The maximum atomic E-state index is 11.7. The molecule has 0 unspecified atom stereocenters. The number of benzene rings is 2. The maximum absolute atomic E-state index is 11.7. The van der Waals surface area contributed by atoms with Crippen molar-refractivity contribution in [1.82, 2.24) is 0 Å². The summed E-state index contributed by atoms with van der Waals surface area (Å²) in [5.41, 5.74) is 7.22. The van der Waals surface area contributed by atoms with E-state index in [-0.39, 0.29) is 42.4 Å². The van der Waals surface area contributed by atoms with E-state index in [2.05, 4.69) is 15.6 Å². The topological polar surface area (TPSA) is 88.7 Å². The molecule has 0 aliphatic heterocycles. The minimum atomic E-state index is -0.235. The first-order valence-corrected chi connectivity index (χ1v) is 6.73. The second-order valence-corrected chi connectivity index (χ2v) is 4.47. The molecule has 0 saturated heterocycles. The number of guanidine groups is 1. The molecule has 4 N–H and O–H groups in total. The molecule has 0 heterocycles. The molecule has 0 atom stereocenters. The van der Waals surface area contributed by atoms with E-state index < -0.39 is 0 Å². The van der Waals surface area contributed by atoms with Gasteiger partial charge in [-0.3, -0.25) is 4.79 Å². The molecule has 2 rings (SSSR count). The number of para-hydroxylation sites is 1. The molecule has 0 aliphatic rings. The van der Waals surface area contributed by atoms with Crippen molar-refractivity contribution in [3.63, 3.8) is 0 Å². The summed E-state index contributed by atoms with van der Waals surface area (Å²) in [5.74, 6) is 0.637. The fourth-order valence-electron chi connectivity index (χ4n) is 1.77. The average Bonchev–Trinajstić information content (AvgIpc) is 2.54. The van der Waals surface area contributed by atoms with E-state index in [0.29, 0.717) is 5.75 Å². The van der Waals surface area contributed by atoms with Gasteiger partial charge in [0.05, 0.1) is 7.11 Å². The number of halogens is 1. The fourth-order valence-corrected chi connectivity index (χ4v) is 1.77. The van der Waals surface area contributed by atoms with E-state index in [1.807, 2.05) is 36.4 Å².